The maximum absolute atomic E-state index is 12.9. The van der Waals surface area contributed by atoms with Crippen molar-refractivity contribution in [1.82, 2.24) is 20.1 Å². The molecule has 3 rings (SSSR count). The molecule has 0 bridgehead atoms. The lowest BCUT2D eigenvalue weighted by Gasteiger charge is -2.23. The van der Waals surface area contributed by atoms with E-state index in [0.717, 1.165) is 40.8 Å². The first-order chi connectivity index (χ1) is 11.0. The molecule has 5 nitrogen and oxygen atoms in total. The van der Waals surface area contributed by atoms with Crippen molar-refractivity contribution in [2.45, 2.75) is 64.8 Å². The number of nitrogens with zero attached hydrogens (tertiary/aromatic N) is 3. The summed E-state index contributed by atoms with van der Waals surface area (Å²) in [5.74, 6) is 0.290. The van der Waals surface area contributed by atoms with Crippen LogP contribution in [0.4, 0.5) is 0 Å². The molecular weight excluding hydrogens is 288 g/mol. The number of nitrogens with one attached hydrogen (secondary N) is 1. The number of aromatic nitrogens is 3. The molecule has 0 radical (unpaired) electrons. The molecule has 1 N–H and O–H groups in total. The summed E-state index contributed by atoms with van der Waals surface area (Å²) in [5.41, 5.74) is 3.31. The number of carbonyl (C=O) groups is 1. The number of pyridine rings is 1. The van der Waals surface area contributed by atoms with Gasteiger partial charge in [0, 0.05) is 18.8 Å². The summed E-state index contributed by atoms with van der Waals surface area (Å²) in [6.45, 7) is 6.14. The van der Waals surface area contributed by atoms with E-state index in [0.29, 0.717) is 6.04 Å². The summed E-state index contributed by atoms with van der Waals surface area (Å²) in [6, 6.07) is 2.25. The third-order valence-corrected chi connectivity index (χ3v) is 4.77. The Hall–Kier alpha value is -1.91. The van der Waals surface area contributed by atoms with E-state index in [-0.39, 0.29) is 11.8 Å². The lowest BCUT2D eigenvalue weighted by atomic mass is 9.95. The molecule has 0 atom stereocenters. The fourth-order valence-electron chi connectivity index (χ4n) is 3.45. The Morgan fingerprint density at radius 1 is 1.30 bits per heavy atom. The molecule has 2 heterocycles. The van der Waals surface area contributed by atoms with Gasteiger partial charge in [0.15, 0.2) is 5.65 Å². The van der Waals surface area contributed by atoms with Gasteiger partial charge in [0.05, 0.1) is 16.6 Å². The predicted octanol–water partition coefficient (Wildman–Crippen LogP) is 3.46. The van der Waals surface area contributed by atoms with E-state index < -0.39 is 0 Å². The van der Waals surface area contributed by atoms with Crippen LogP contribution in [0.1, 0.15) is 73.6 Å². The Kier molecular flexibility index (Phi) is 4.37. The van der Waals surface area contributed by atoms with Crippen molar-refractivity contribution < 1.29 is 4.79 Å². The summed E-state index contributed by atoms with van der Waals surface area (Å²) in [5, 5.41) is 8.56. The highest BCUT2D eigenvalue weighted by Gasteiger charge is 2.22. The highest BCUT2D eigenvalue weighted by atomic mass is 16.1. The third-order valence-electron chi connectivity index (χ3n) is 4.77. The van der Waals surface area contributed by atoms with Gasteiger partial charge in [-0.1, -0.05) is 33.1 Å². The van der Waals surface area contributed by atoms with Crippen LogP contribution in [-0.4, -0.2) is 26.7 Å². The standard InChI is InChI=1S/C18H26N4O/c1-11(2)15-10-14(16-12(3)21-22(4)17(16)20-15)18(23)19-13-8-6-5-7-9-13/h10-11,13H,5-9H2,1-4H3,(H,19,23). The Morgan fingerprint density at radius 2 is 2.00 bits per heavy atom. The van der Waals surface area contributed by atoms with Crippen LogP contribution in [0.3, 0.4) is 0 Å². The van der Waals surface area contributed by atoms with E-state index in [2.05, 4.69) is 24.3 Å². The number of hydrogen-bond acceptors (Lipinski definition) is 3. The van der Waals surface area contributed by atoms with E-state index in [4.69, 9.17) is 4.98 Å². The predicted molar refractivity (Wildman–Crippen MR) is 91.7 cm³/mol. The van der Waals surface area contributed by atoms with Gasteiger partial charge < -0.3 is 5.32 Å². The normalized spacial score (nSPS) is 16.2. The molecule has 5 heteroatoms. The molecule has 23 heavy (non-hydrogen) atoms. The second kappa shape index (κ2) is 6.30. The Morgan fingerprint density at radius 3 is 2.65 bits per heavy atom. The molecular formula is C18H26N4O. The lowest BCUT2D eigenvalue weighted by molar-refractivity contribution is 0.0929. The average molecular weight is 314 g/mol. The first-order valence-corrected chi connectivity index (χ1v) is 8.62. The van der Waals surface area contributed by atoms with Gasteiger partial charge in [-0.25, -0.2) is 4.98 Å². The first-order valence-electron chi connectivity index (χ1n) is 8.62. The van der Waals surface area contributed by atoms with Gasteiger partial charge in [0.25, 0.3) is 5.91 Å². The highest BCUT2D eigenvalue weighted by molar-refractivity contribution is 6.06. The Balaban J connectivity index is 2.02. The molecule has 0 aromatic carbocycles. The van der Waals surface area contributed by atoms with Crippen LogP contribution in [0, 0.1) is 6.92 Å². The number of fused-ring (bicyclic) bond motifs is 1. The zero-order valence-corrected chi connectivity index (χ0v) is 14.5. The molecule has 1 saturated carbocycles. The summed E-state index contributed by atoms with van der Waals surface area (Å²) < 4.78 is 1.77. The zero-order chi connectivity index (χ0) is 16.6. The molecule has 1 fully saturated rings. The Labute approximate surface area is 137 Å². The van der Waals surface area contributed by atoms with Crippen molar-refractivity contribution in [3.63, 3.8) is 0 Å². The van der Waals surface area contributed by atoms with Crippen LogP contribution < -0.4 is 5.32 Å². The molecule has 1 amide bonds. The topological polar surface area (TPSA) is 59.8 Å². The summed E-state index contributed by atoms with van der Waals surface area (Å²) in [7, 11) is 1.88. The second-order valence-corrected chi connectivity index (χ2v) is 6.97. The molecule has 2 aromatic heterocycles. The van der Waals surface area contributed by atoms with Crippen LogP contribution in [-0.2, 0) is 7.05 Å². The first kappa shape index (κ1) is 16.0. The Bertz CT molecular complexity index is 726. The van der Waals surface area contributed by atoms with E-state index in [1.165, 1.54) is 19.3 Å². The largest absolute Gasteiger partial charge is 0.349 e. The van der Waals surface area contributed by atoms with E-state index >= 15 is 0 Å². The van der Waals surface area contributed by atoms with Gasteiger partial charge in [0.1, 0.15) is 0 Å². The minimum Gasteiger partial charge on any atom is -0.349 e. The zero-order valence-electron chi connectivity index (χ0n) is 14.5. The second-order valence-electron chi connectivity index (χ2n) is 6.97. The van der Waals surface area contributed by atoms with E-state index in [1.807, 2.05) is 20.0 Å². The quantitative estimate of drug-likeness (QED) is 0.943. The SMILES string of the molecule is Cc1nn(C)c2nc(C(C)C)cc(C(=O)NC3CCCCC3)c12. The van der Waals surface area contributed by atoms with Crippen molar-refractivity contribution in [3.8, 4) is 0 Å². The lowest BCUT2D eigenvalue weighted by Crippen LogP contribution is -2.36. The smallest absolute Gasteiger partial charge is 0.252 e. The van der Waals surface area contributed by atoms with Gasteiger partial charge in [-0.3, -0.25) is 9.48 Å². The monoisotopic (exact) mass is 314 g/mol. The fraction of sp³-hybridized carbons (Fsp3) is 0.611. The van der Waals surface area contributed by atoms with Crippen LogP contribution in [0.2, 0.25) is 0 Å². The van der Waals surface area contributed by atoms with Crippen molar-refractivity contribution in [3.05, 3.63) is 23.0 Å². The fourth-order valence-corrected chi connectivity index (χ4v) is 3.45. The van der Waals surface area contributed by atoms with Crippen LogP contribution >= 0.6 is 0 Å². The number of amides is 1. The van der Waals surface area contributed by atoms with Crippen LogP contribution in [0.25, 0.3) is 11.0 Å². The van der Waals surface area contributed by atoms with Crippen molar-refractivity contribution >= 4 is 16.9 Å². The third kappa shape index (κ3) is 3.09. The molecule has 0 unspecified atom stereocenters. The van der Waals surface area contributed by atoms with E-state index in [1.54, 1.807) is 4.68 Å². The van der Waals surface area contributed by atoms with Gasteiger partial charge in [0.2, 0.25) is 0 Å². The maximum Gasteiger partial charge on any atom is 0.252 e. The van der Waals surface area contributed by atoms with Crippen molar-refractivity contribution in [1.29, 1.82) is 0 Å². The molecule has 1 aliphatic carbocycles. The molecule has 0 saturated heterocycles. The highest BCUT2D eigenvalue weighted by Crippen LogP contribution is 2.25. The molecule has 1 aliphatic rings. The summed E-state index contributed by atoms with van der Waals surface area (Å²) in [4.78, 5) is 17.6. The molecule has 0 aliphatic heterocycles. The number of hydrogen-bond donors (Lipinski definition) is 1. The summed E-state index contributed by atoms with van der Waals surface area (Å²) >= 11 is 0. The van der Waals surface area contributed by atoms with Gasteiger partial charge in [-0.2, -0.15) is 5.10 Å². The molecule has 0 spiro atoms. The van der Waals surface area contributed by atoms with Gasteiger partial charge in [-0.05, 0) is 31.7 Å². The van der Waals surface area contributed by atoms with Crippen molar-refractivity contribution in [2.24, 2.45) is 7.05 Å². The molecule has 2 aromatic rings. The number of carbonyl (C=O) groups excluding carboxylic acids is 1. The maximum atomic E-state index is 12.9. The van der Waals surface area contributed by atoms with Crippen LogP contribution in [0.15, 0.2) is 6.07 Å². The minimum atomic E-state index is 0.0160. The number of rotatable bonds is 3. The average Bonchev–Trinajstić information content (AvgIpc) is 2.82. The minimum absolute atomic E-state index is 0.0160. The van der Waals surface area contributed by atoms with Gasteiger partial charge >= 0.3 is 0 Å². The van der Waals surface area contributed by atoms with E-state index in [9.17, 15) is 4.79 Å². The number of aryl methyl sites for hydroxylation is 2. The summed E-state index contributed by atoms with van der Waals surface area (Å²) in [6.07, 6.45) is 5.87. The van der Waals surface area contributed by atoms with Crippen molar-refractivity contribution in [2.75, 3.05) is 0 Å². The van der Waals surface area contributed by atoms with Gasteiger partial charge in [-0.15, -0.1) is 0 Å². The van der Waals surface area contributed by atoms with Crippen LogP contribution in [0.5, 0.6) is 0 Å². The molecule has 124 valence electrons.